The molecule has 0 aromatic heterocycles. The van der Waals surface area contributed by atoms with Crippen LogP contribution in [0.4, 0.5) is 0 Å². The zero-order chi connectivity index (χ0) is 6.27. The summed E-state index contributed by atoms with van der Waals surface area (Å²) in [7, 11) is 0. The number of aryl methyl sites for hydroxylation is 1. The standard InChI is InChI=1S/C9H10/c1-2-7-4-3-5-8-6-9(7)8/h3-5H,2,6H2,1H3. The van der Waals surface area contributed by atoms with Gasteiger partial charge < -0.3 is 0 Å². The molecule has 2 rings (SSSR count). The number of benzene rings is 1. The first kappa shape index (κ1) is 5.04. The van der Waals surface area contributed by atoms with Gasteiger partial charge in [0.2, 0.25) is 0 Å². The third kappa shape index (κ3) is 0.663. The van der Waals surface area contributed by atoms with E-state index >= 15 is 0 Å². The van der Waals surface area contributed by atoms with Crippen LogP contribution < -0.4 is 0 Å². The molecule has 46 valence electrons. The normalized spacial score (nSPS) is 13.0. The Kier molecular flexibility index (Phi) is 0.895. The highest BCUT2D eigenvalue weighted by Gasteiger charge is 2.18. The summed E-state index contributed by atoms with van der Waals surface area (Å²) in [5, 5.41) is 0. The second-order valence-electron chi connectivity index (χ2n) is 2.59. The lowest BCUT2D eigenvalue weighted by Gasteiger charge is -1.89. The topological polar surface area (TPSA) is 0 Å². The Balaban J connectivity index is 2.51. The van der Waals surface area contributed by atoms with E-state index in [1.54, 1.807) is 16.7 Å². The average Bonchev–Trinajstić information content (AvgIpc) is 2.64. The maximum atomic E-state index is 2.23. The SMILES string of the molecule is CCc1cccc2c1C2. The van der Waals surface area contributed by atoms with E-state index in [1.165, 1.54) is 12.8 Å². The van der Waals surface area contributed by atoms with Gasteiger partial charge in [-0.2, -0.15) is 0 Å². The van der Waals surface area contributed by atoms with Crippen LogP contribution in [0.1, 0.15) is 23.6 Å². The van der Waals surface area contributed by atoms with Crippen LogP contribution in [0, 0.1) is 0 Å². The molecular formula is C9H10. The van der Waals surface area contributed by atoms with E-state index in [1.807, 2.05) is 0 Å². The predicted molar refractivity (Wildman–Crippen MR) is 38.6 cm³/mol. The van der Waals surface area contributed by atoms with Crippen LogP contribution in [-0.4, -0.2) is 0 Å². The van der Waals surface area contributed by atoms with Crippen LogP contribution in [0.2, 0.25) is 0 Å². The second kappa shape index (κ2) is 1.60. The van der Waals surface area contributed by atoms with Crippen LogP contribution in [0.5, 0.6) is 0 Å². The molecule has 0 radical (unpaired) electrons. The summed E-state index contributed by atoms with van der Waals surface area (Å²) in [6.45, 7) is 2.22. The third-order valence-corrected chi connectivity index (χ3v) is 1.99. The highest BCUT2D eigenvalue weighted by Crippen LogP contribution is 2.30. The minimum Gasteiger partial charge on any atom is -0.0617 e. The minimum atomic E-state index is 1.20. The van der Waals surface area contributed by atoms with E-state index in [-0.39, 0.29) is 0 Å². The van der Waals surface area contributed by atoms with Gasteiger partial charge in [0, 0.05) is 0 Å². The largest absolute Gasteiger partial charge is 0.0617 e. The molecule has 0 heterocycles. The summed E-state index contributed by atoms with van der Waals surface area (Å²) in [6.07, 6.45) is 2.46. The Bertz CT molecular complexity index is 236. The molecule has 0 bridgehead atoms. The van der Waals surface area contributed by atoms with Crippen LogP contribution in [-0.2, 0) is 12.8 Å². The molecule has 1 aliphatic carbocycles. The van der Waals surface area contributed by atoms with E-state index in [9.17, 15) is 0 Å². The van der Waals surface area contributed by atoms with Gasteiger partial charge in [0.25, 0.3) is 0 Å². The fourth-order valence-corrected chi connectivity index (χ4v) is 1.34. The summed E-state index contributed by atoms with van der Waals surface area (Å²) in [5.41, 5.74) is 4.72. The van der Waals surface area contributed by atoms with Gasteiger partial charge in [-0.15, -0.1) is 0 Å². The first-order chi connectivity index (χ1) is 4.42. The summed E-state index contributed by atoms with van der Waals surface area (Å²) in [6, 6.07) is 6.60. The predicted octanol–water partition coefficient (Wildman–Crippen LogP) is 2.15. The molecule has 0 spiro atoms. The van der Waals surface area contributed by atoms with E-state index in [0.29, 0.717) is 0 Å². The highest BCUT2D eigenvalue weighted by atomic mass is 14.2. The van der Waals surface area contributed by atoms with Crippen molar-refractivity contribution in [2.75, 3.05) is 0 Å². The number of fused-ring (bicyclic) bond motifs is 1. The molecule has 0 unspecified atom stereocenters. The van der Waals surface area contributed by atoms with Gasteiger partial charge in [-0.1, -0.05) is 25.1 Å². The fourth-order valence-electron chi connectivity index (χ4n) is 1.34. The molecule has 0 heteroatoms. The first-order valence-corrected chi connectivity index (χ1v) is 3.51. The molecule has 0 fully saturated rings. The molecule has 0 N–H and O–H groups in total. The van der Waals surface area contributed by atoms with Crippen molar-refractivity contribution in [3.8, 4) is 0 Å². The highest BCUT2D eigenvalue weighted by molar-refractivity contribution is 5.50. The molecule has 0 amide bonds. The van der Waals surface area contributed by atoms with Crippen LogP contribution in [0.15, 0.2) is 18.2 Å². The molecular weight excluding hydrogens is 108 g/mol. The van der Waals surface area contributed by atoms with Crippen molar-refractivity contribution >= 4 is 0 Å². The van der Waals surface area contributed by atoms with E-state index < -0.39 is 0 Å². The quantitative estimate of drug-likeness (QED) is 0.538. The summed E-state index contributed by atoms with van der Waals surface area (Å²) >= 11 is 0. The molecule has 9 heavy (non-hydrogen) atoms. The molecule has 0 saturated heterocycles. The molecule has 1 aliphatic rings. The summed E-state index contributed by atoms with van der Waals surface area (Å²) < 4.78 is 0. The van der Waals surface area contributed by atoms with Crippen molar-refractivity contribution in [2.45, 2.75) is 19.8 Å². The fraction of sp³-hybridized carbons (Fsp3) is 0.333. The first-order valence-electron chi connectivity index (χ1n) is 3.51. The zero-order valence-electron chi connectivity index (χ0n) is 5.65. The van der Waals surface area contributed by atoms with Crippen molar-refractivity contribution in [1.29, 1.82) is 0 Å². The lowest BCUT2D eigenvalue weighted by molar-refractivity contribution is 1.13. The van der Waals surface area contributed by atoms with Gasteiger partial charge >= 0.3 is 0 Å². The van der Waals surface area contributed by atoms with Gasteiger partial charge in [0.1, 0.15) is 0 Å². The van der Waals surface area contributed by atoms with Gasteiger partial charge in [-0.3, -0.25) is 0 Å². The Hall–Kier alpha value is -0.780. The second-order valence-corrected chi connectivity index (χ2v) is 2.59. The molecule has 1 aromatic rings. The van der Waals surface area contributed by atoms with E-state index in [0.717, 1.165) is 0 Å². The monoisotopic (exact) mass is 118 g/mol. The maximum absolute atomic E-state index is 2.23. The van der Waals surface area contributed by atoms with Crippen LogP contribution in [0.3, 0.4) is 0 Å². The van der Waals surface area contributed by atoms with Crippen molar-refractivity contribution in [3.05, 3.63) is 34.9 Å². The van der Waals surface area contributed by atoms with E-state index in [4.69, 9.17) is 0 Å². The van der Waals surface area contributed by atoms with Gasteiger partial charge in [0.05, 0.1) is 0 Å². The van der Waals surface area contributed by atoms with Crippen molar-refractivity contribution in [3.63, 3.8) is 0 Å². The Morgan fingerprint density at radius 1 is 1.44 bits per heavy atom. The lowest BCUT2D eigenvalue weighted by Crippen LogP contribution is -1.75. The van der Waals surface area contributed by atoms with Gasteiger partial charge in [-0.25, -0.2) is 0 Å². The number of hydrogen-bond acceptors (Lipinski definition) is 0. The van der Waals surface area contributed by atoms with Crippen molar-refractivity contribution < 1.29 is 0 Å². The number of rotatable bonds is 1. The maximum Gasteiger partial charge on any atom is -0.00172 e. The van der Waals surface area contributed by atoms with Crippen molar-refractivity contribution in [1.82, 2.24) is 0 Å². The van der Waals surface area contributed by atoms with Crippen LogP contribution in [0.25, 0.3) is 0 Å². The Morgan fingerprint density at radius 2 is 2.33 bits per heavy atom. The lowest BCUT2D eigenvalue weighted by atomic mass is 10.2. The molecule has 0 atom stereocenters. The molecule has 0 nitrogen and oxygen atoms in total. The molecule has 1 aromatic carbocycles. The van der Waals surface area contributed by atoms with Crippen molar-refractivity contribution in [2.24, 2.45) is 0 Å². The summed E-state index contributed by atoms with van der Waals surface area (Å²) in [4.78, 5) is 0. The van der Waals surface area contributed by atoms with Gasteiger partial charge in [-0.05, 0) is 29.5 Å². The number of hydrogen-bond donors (Lipinski definition) is 0. The zero-order valence-corrected chi connectivity index (χ0v) is 5.65. The molecule has 0 saturated carbocycles. The Morgan fingerprint density at radius 3 is 3.00 bits per heavy atom. The van der Waals surface area contributed by atoms with Crippen LogP contribution >= 0.6 is 0 Å². The third-order valence-electron chi connectivity index (χ3n) is 1.99. The summed E-state index contributed by atoms with van der Waals surface area (Å²) in [5.74, 6) is 0. The Labute approximate surface area is 55.5 Å². The average molecular weight is 118 g/mol. The minimum absolute atomic E-state index is 1.20. The van der Waals surface area contributed by atoms with Gasteiger partial charge in [0.15, 0.2) is 0 Å². The van der Waals surface area contributed by atoms with E-state index in [2.05, 4.69) is 25.1 Å². The molecule has 0 aliphatic heterocycles. The smallest absolute Gasteiger partial charge is 0.00172 e.